The number of likely N-dealkylation sites (N-methyl/N-ethyl adjacent to an activating group) is 1. The molecule has 0 amide bonds. The first kappa shape index (κ1) is 13.3. The van der Waals surface area contributed by atoms with Crippen LogP contribution in [-0.4, -0.2) is 30.9 Å². The van der Waals surface area contributed by atoms with Crippen LogP contribution in [0.2, 0.25) is 0 Å². The van der Waals surface area contributed by atoms with Crippen molar-refractivity contribution in [3.8, 4) is 0 Å². The van der Waals surface area contributed by atoms with Gasteiger partial charge in [0.05, 0.1) is 23.9 Å². The van der Waals surface area contributed by atoms with Crippen molar-refractivity contribution in [1.82, 2.24) is 0 Å². The Balaban J connectivity index is 2.37. The Bertz CT molecular complexity index is 422. The molecule has 1 N–H and O–H groups in total. The van der Waals surface area contributed by atoms with Gasteiger partial charge in [-0.1, -0.05) is 12.1 Å². The summed E-state index contributed by atoms with van der Waals surface area (Å²) >= 11 is 0. The largest absolute Gasteiger partial charge is 0.389 e. The van der Waals surface area contributed by atoms with Crippen molar-refractivity contribution < 1.29 is 14.2 Å². The fourth-order valence-electron chi connectivity index (χ4n) is 2.64. The molecule has 0 spiro atoms. The molecule has 18 heavy (non-hydrogen) atoms. The Kier molecular flexibility index (Phi) is 3.88. The summed E-state index contributed by atoms with van der Waals surface area (Å²) in [5, 5.41) is 9.76. The molecule has 0 saturated carbocycles. The van der Waals surface area contributed by atoms with Crippen molar-refractivity contribution in [3.63, 3.8) is 0 Å². The van der Waals surface area contributed by atoms with E-state index < -0.39 is 6.10 Å². The van der Waals surface area contributed by atoms with Crippen molar-refractivity contribution in [2.24, 2.45) is 0 Å². The van der Waals surface area contributed by atoms with Crippen molar-refractivity contribution in [1.29, 1.82) is 0 Å². The van der Waals surface area contributed by atoms with Crippen LogP contribution in [-0.2, 0) is 4.74 Å². The van der Waals surface area contributed by atoms with E-state index in [1.165, 1.54) is 6.07 Å². The summed E-state index contributed by atoms with van der Waals surface area (Å²) in [7, 11) is 1.86. The molecule has 1 saturated heterocycles. The van der Waals surface area contributed by atoms with Crippen LogP contribution in [0.1, 0.15) is 31.9 Å². The van der Waals surface area contributed by atoms with Crippen LogP contribution in [0, 0.1) is 5.82 Å². The molecule has 0 bridgehead atoms. The summed E-state index contributed by atoms with van der Waals surface area (Å²) in [4.78, 5) is 1.90. The van der Waals surface area contributed by atoms with Crippen LogP contribution in [0.25, 0.3) is 0 Å². The molecule has 2 unspecified atom stereocenters. The Morgan fingerprint density at radius 2 is 2.22 bits per heavy atom. The van der Waals surface area contributed by atoms with Crippen LogP contribution in [0.5, 0.6) is 0 Å². The predicted molar refractivity (Wildman–Crippen MR) is 69.3 cm³/mol. The zero-order chi connectivity index (χ0) is 13.3. The number of hydrogen-bond donors (Lipinski definition) is 1. The Labute approximate surface area is 107 Å². The number of para-hydroxylation sites is 1. The van der Waals surface area contributed by atoms with Gasteiger partial charge in [-0.3, -0.25) is 0 Å². The Morgan fingerprint density at radius 1 is 1.50 bits per heavy atom. The van der Waals surface area contributed by atoms with E-state index in [-0.39, 0.29) is 18.0 Å². The molecule has 4 heteroatoms. The molecule has 0 aromatic heterocycles. The van der Waals surface area contributed by atoms with Gasteiger partial charge in [0, 0.05) is 19.2 Å². The van der Waals surface area contributed by atoms with E-state index in [0.717, 1.165) is 6.42 Å². The normalized spacial score (nSPS) is 25.2. The first-order valence-electron chi connectivity index (χ1n) is 6.33. The van der Waals surface area contributed by atoms with Gasteiger partial charge in [-0.15, -0.1) is 0 Å². The molecule has 1 fully saturated rings. The standard InChI is InChI=1S/C14H20FNO2/c1-9(17)11-5-4-6-12(15)14(11)16(3)13-7-8-18-10(13)2/h4-6,9-10,13,17H,7-8H2,1-3H3/t9-,10?,13?/m1/s1. The van der Waals surface area contributed by atoms with Crippen molar-refractivity contribution in [2.45, 2.75) is 38.5 Å². The van der Waals surface area contributed by atoms with Gasteiger partial charge in [-0.05, 0) is 26.3 Å². The molecular formula is C14H20FNO2. The lowest BCUT2D eigenvalue weighted by molar-refractivity contribution is 0.118. The molecule has 1 heterocycles. The van der Waals surface area contributed by atoms with Gasteiger partial charge in [0.1, 0.15) is 5.82 Å². The van der Waals surface area contributed by atoms with E-state index in [1.807, 2.05) is 18.9 Å². The van der Waals surface area contributed by atoms with E-state index >= 15 is 0 Å². The average Bonchev–Trinajstić information content (AvgIpc) is 2.74. The van der Waals surface area contributed by atoms with Gasteiger partial charge in [-0.25, -0.2) is 4.39 Å². The maximum absolute atomic E-state index is 14.0. The molecule has 3 nitrogen and oxygen atoms in total. The maximum Gasteiger partial charge on any atom is 0.146 e. The third-order valence-electron chi connectivity index (χ3n) is 3.65. The summed E-state index contributed by atoms with van der Waals surface area (Å²) in [6.45, 7) is 4.35. The second kappa shape index (κ2) is 5.24. The van der Waals surface area contributed by atoms with Crippen LogP contribution >= 0.6 is 0 Å². The average molecular weight is 253 g/mol. The van der Waals surface area contributed by atoms with Crippen molar-refractivity contribution >= 4 is 5.69 Å². The van der Waals surface area contributed by atoms with E-state index in [4.69, 9.17) is 4.74 Å². The number of halogens is 1. The van der Waals surface area contributed by atoms with Crippen LogP contribution < -0.4 is 4.90 Å². The summed E-state index contributed by atoms with van der Waals surface area (Å²) in [5.74, 6) is -0.296. The molecule has 1 aromatic rings. The van der Waals surface area contributed by atoms with Gasteiger partial charge in [0.25, 0.3) is 0 Å². The zero-order valence-electron chi connectivity index (χ0n) is 11.1. The molecule has 0 radical (unpaired) electrons. The molecule has 0 aliphatic carbocycles. The fourth-order valence-corrected chi connectivity index (χ4v) is 2.64. The first-order chi connectivity index (χ1) is 8.52. The summed E-state index contributed by atoms with van der Waals surface area (Å²) < 4.78 is 19.6. The molecule has 1 aromatic carbocycles. The topological polar surface area (TPSA) is 32.7 Å². The molecule has 1 aliphatic heterocycles. The highest BCUT2D eigenvalue weighted by atomic mass is 19.1. The minimum atomic E-state index is -0.684. The minimum Gasteiger partial charge on any atom is -0.389 e. The van der Waals surface area contributed by atoms with Crippen molar-refractivity contribution in [3.05, 3.63) is 29.6 Å². The van der Waals surface area contributed by atoms with Gasteiger partial charge < -0.3 is 14.7 Å². The Hall–Kier alpha value is -1.13. The number of ether oxygens (including phenoxy) is 1. The third kappa shape index (κ3) is 2.35. The number of benzene rings is 1. The Morgan fingerprint density at radius 3 is 2.78 bits per heavy atom. The fraction of sp³-hybridized carbons (Fsp3) is 0.571. The van der Waals surface area contributed by atoms with E-state index in [1.54, 1.807) is 19.1 Å². The smallest absolute Gasteiger partial charge is 0.146 e. The first-order valence-corrected chi connectivity index (χ1v) is 6.33. The quantitative estimate of drug-likeness (QED) is 0.898. The number of hydrogen-bond acceptors (Lipinski definition) is 3. The number of rotatable bonds is 3. The highest BCUT2D eigenvalue weighted by Crippen LogP contribution is 2.32. The van der Waals surface area contributed by atoms with Gasteiger partial charge in [0.2, 0.25) is 0 Å². The van der Waals surface area contributed by atoms with Crippen LogP contribution in [0.3, 0.4) is 0 Å². The monoisotopic (exact) mass is 253 g/mol. The number of anilines is 1. The predicted octanol–water partition coefficient (Wildman–Crippen LogP) is 2.49. The molecule has 1 aliphatic rings. The van der Waals surface area contributed by atoms with E-state index in [2.05, 4.69) is 0 Å². The lowest BCUT2D eigenvalue weighted by atomic mass is 10.0. The SMILES string of the molecule is CC1OCCC1N(C)c1c(F)cccc1[C@@H](C)O. The second-order valence-electron chi connectivity index (χ2n) is 4.90. The zero-order valence-corrected chi connectivity index (χ0v) is 11.1. The highest BCUT2D eigenvalue weighted by molar-refractivity contribution is 5.56. The van der Waals surface area contributed by atoms with Crippen LogP contribution in [0.15, 0.2) is 18.2 Å². The van der Waals surface area contributed by atoms with Crippen LogP contribution in [0.4, 0.5) is 10.1 Å². The van der Waals surface area contributed by atoms with Crippen molar-refractivity contribution in [2.75, 3.05) is 18.6 Å². The third-order valence-corrected chi connectivity index (χ3v) is 3.65. The lowest BCUT2D eigenvalue weighted by Crippen LogP contribution is -2.38. The molecule has 2 rings (SSSR count). The lowest BCUT2D eigenvalue weighted by Gasteiger charge is -2.31. The van der Waals surface area contributed by atoms with E-state index in [9.17, 15) is 9.50 Å². The van der Waals surface area contributed by atoms with Gasteiger partial charge in [0.15, 0.2) is 0 Å². The summed E-state index contributed by atoms with van der Waals surface area (Å²) in [5.41, 5.74) is 1.10. The minimum absolute atomic E-state index is 0.0801. The van der Waals surface area contributed by atoms with Gasteiger partial charge in [-0.2, -0.15) is 0 Å². The van der Waals surface area contributed by atoms with Gasteiger partial charge >= 0.3 is 0 Å². The molecule has 100 valence electrons. The number of aliphatic hydroxyl groups is 1. The molecular weight excluding hydrogens is 233 g/mol. The van der Waals surface area contributed by atoms with E-state index in [0.29, 0.717) is 17.9 Å². The summed E-state index contributed by atoms with van der Waals surface area (Å²) in [6.07, 6.45) is 0.276. The number of aliphatic hydroxyl groups excluding tert-OH is 1. The second-order valence-corrected chi connectivity index (χ2v) is 4.90. The molecule has 3 atom stereocenters. The maximum atomic E-state index is 14.0. The highest BCUT2D eigenvalue weighted by Gasteiger charge is 2.30. The number of nitrogens with zero attached hydrogens (tertiary/aromatic N) is 1. The summed E-state index contributed by atoms with van der Waals surface area (Å²) in [6, 6.07) is 4.97.